The first kappa shape index (κ1) is 17.9. The molecule has 3 heterocycles. The average molecular weight is 359 g/mol. The summed E-state index contributed by atoms with van der Waals surface area (Å²) in [6.45, 7) is 6.85. The van der Waals surface area contributed by atoms with Crippen LogP contribution in [-0.2, 0) is 0 Å². The van der Waals surface area contributed by atoms with E-state index in [0.717, 1.165) is 41.4 Å². The molecule has 3 rings (SSSR count). The number of thiazole rings is 1. The number of aryl methyl sites for hydroxylation is 2. The van der Waals surface area contributed by atoms with E-state index in [0.29, 0.717) is 0 Å². The monoisotopic (exact) mass is 358 g/mol. The first-order valence-electron chi connectivity index (χ1n) is 8.97. The van der Waals surface area contributed by atoms with E-state index in [1.54, 1.807) is 11.3 Å². The molecule has 2 aromatic heterocycles. The van der Waals surface area contributed by atoms with E-state index >= 15 is 0 Å². The van der Waals surface area contributed by atoms with E-state index in [-0.39, 0.29) is 18.1 Å². The Morgan fingerprint density at radius 1 is 1.28 bits per heavy atom. The molecule has 2 atom stereocenters. The summed E-state index contributed by atoms with van der Waals surface area (Å²) in [7, 11) is 0. The molecule has 1 fully saturated rings. The molecule has 5 nitrogen and oxygen atoms in total. The van der Waals surface area contributed by atoms with Gasteiger partial charge in [-0.15, -0.1) is 11.3 Å². The molecule has 2 aromatic rings. The molecule has 1 aliphatic heterocycles. The number of rotatable bonds is 3. The van der Waals surface area contributed by atoms with Crippen LogP contribution < -0.4 is 5.32 Å². The quantitative estimate of drug-likeness (QED) is 0.876. The van der Waals surface area contributed by atoms with E-state index < -0.39 is 0 Å². The maximum Gasteiger partial charge on any atom is 0.318 e. The number of hydrogen-bond acceptors (Lipinski definition) is 4. The van der Waals surface area contributed by atoms with Crippen molar-refractivity contribution in [3.63, 3.8) is 0 Å². The second-order valence-electron chi connectivity index (χ2n) is 6.69. The molecular weight excluding hydrogens is 332 g/mol. The van der Waals surface area contributed by atoms with Gasteiger partial charge in [-0.2, -0.15) is 0 Å². The minimum Gasteiger partial charge on any atom is -0.331 e. The Bertz CT molecular complexity index is 715. The van der Waals surface area contributed by atoms with Crippen LogP contribution in [0.15, 0.2) is 24.5 Å². The Hall–Kier alpha value is -1.95. The van der Waals surface area contributed by atoms with E-state index in [1.165, 1.54) is 12.0 Å². The van der Waals surface area contributed by atoms with Crippen LogP contribution in [0.5, 0.6) is 0 Å². The van der Waals surface area contributed by atoms with Crippen LogP contribution >= 0.6 is 11.3 Å². The van der Waals surface area contributed by atoms with E-state index in [9.17, 15) is 4.79 Å². The van der Waals surface area contributed by atoms with Gasteiger partial charge in [0.05, 0.1) is 22.8 Å². The second kappa shape index (κ2) is 7.95. The predicted molar refractivity (Wildman–Crippen MR) is 101 cm³/mol. The fourth-order valence-corrected chi connectivity index (χ4v) is 4.50. The number of aromatic nitrogens is 2. The molecule has 1 aliphatic rings. The summed E-state index contributed by atoms with van der Waals surface area (Å²) in [6, 6.07) is 4.16. The van der Waals surface area contributed by atoms with Gasteiger partial charge in [0.25, 0.3) is 0 Å². The number of likely N-dealkylation sites (tertiary alicyclic amines) is 1. The highest BCUT2D eigenvalue weighted by atomic mass is 32.1. The lowest BCUT2D eigenvalue weighted by Gasteiger charge is -2.31. The molecule has 0 aliphatic carbocycles. The molecule has 0 bridgehead atoms. The summed E-state index contributed by atoms with van der Waals surface area (Å²) in [4.78, 5) is 24.7. The largest absolute Gasteiger partial charge is 0.331 e. The Kier molecular flexibility index (Phi) is 5.68. The molecule has 0 saturated carbocycles. The highest BCUT2D eigenvalue weighted by Crippen LogP contribution is 2.31. The van der Waals surface area contributed by atoms with Gasteiger partial charge in [-0.25, -0.2) is 9.78 Å². The molecular formula is C19H26N4OS. The molecule has 0 radical (unpaired) electrons. The Morgan fingerprint density at radius 3 is 2.72 bits per heavy atom. The molecule has 134 valence electrons. The maximum atomic E-state index is 13.0. The van der Waals surface area contributed by atoms with Gasteiger partial charge in [-0.05, 0) is 51.3 Å². The zero-order valence-corrected chi connectivity index (χ0v) is 16.0. The lowest BCUT2D eigenvalue weighted by atomic mass is 10.0. The summed E-state index contributed by atoms with van der Waals surface area (Å²) < 4.78 is 0. The van der Waals surface area contributed by atoms with Crippen LogP contribution in [0, 0.1) is 13.8 Å². The van der Waals surface area contributed by atoms with Gasteiger partial charge in [0.15, 0.2) is 0 Å². The van der Waals surface area contributed by atoms with Crippen LogP contribution in [0.3, 0.4) is 0 Å². The molecule has 1 saturated heterocycles. The molecule has 0 spiro atoms. The Balaban J connectivity index is 1.77. The highest BCUT2D eigenvalue weighted by Gasteiger charge is 2.28. The van der Waals surface area contributed by atoms with Crippen molar-refractivity contribution in [2.75, 3.05) is 6.54 Å². The van der Waals surface area contributed by atoms with Crippen molar-refractivity contribution >= 4 is 17.4 Å². The zero-order valence-electron chi connectivity index (χ0n) is 15.2. The number of hydrogen-bond donors (Lipinski definition) is 1. The van der Waals surface area contributed by atoms with E-state index in [2.05, 4.69) is 15.3 Å². The minimum absolute atomic E-state index is 0.0154. The van der Waals surface area contributed by atoms with Crippen molar-refractivity contribution in [1.82, 2.24) is 20.2 Å². The van der Waals surface area contributed by atoms with Crippen LogP contribution in [0.25, 0.3) is 0 Å². The summed E-state index contributed by atoms with van der Waals surface area (Å²) >= 11 is 1.66. The second-order valence-corrected chi connectivity index (χ2v) is 7.93. The van der Waals surface area contributed by atoms with Crippen molar-refractivity contribution in [1.29, 1.82) is 0 Å². The van der Waals surface area contributed by atoms with Gasteiger partial charge in [-0.3, -0.25) is 4.98 Å². The third-order valence-corrected chi connectivity index (χ3v) is 6.03. The summed E-state index contributed by atoms with van der Waals surface area (Å²) in [6.07, 6.45) is 8.00. The number of carbonyl (C=O) groups is 1. The van der Waals surface area contributed by atoms with Crippen molar-refractivity contribution in [2.45, 2.75) is 58.5 Å². The van der Waals surface area contributed by atoms with Crippen molar-refractivity contribution < 1.29 is 4.79 Å². The molecule has 2 amide bonds. The van der Waals surface area contributed by atoms with Gasteiger partial charge < -0.3 is 10.2 Å². The van der Waals surface area contributed by atoms with Crippen LogP contribution in [0.1, 0.15) is 65.8 Å². The minimum atomic E-state index is -0.0277. The lowest BCUT2D eigenvalue weighted by Crippen LogP contribution is -2.43. The van der Waals surface area contributed by atoms with Crippen molar-refractivity contribution in [3.05, 3.63) is 45.7 Å². The standard InChI is InChI=1S/C19H26N4OS/c1-13-18(25-15(3)21-13)14(2)22-19(24)23-12-6-4-5-7-17(23)16-8-10-20-11-9-16/h8-11,14,17H,4-7,12H2,1-3H3,(H,22,24)/t14-,17-/m0/s1. The highest BCUT2D eigenvalue weighted by molar-refractivity contribution is 7.11. The van der Waals surface area contributed by atoms with Gasteiger partial charge in [0, 0.05) is 23.8 Å². The number of nitrogens with one attached hydrogen (secondary N) is 1. The Morgan fingerprint density at radius 2 is 2.04 bits per heavy atom. The van der Waals surface area contributed by atoms with Gasteiger partial charge in [-0.1, -0.05) is 12.8 Å². The number of urea groups is 1. The Labute approximate surface area is 153 Å². The maximum absolute atomic E-state index is 13.0. The number of carbonyl (C=O) groups excluding carboxylic acids is 1. The van der Waals surface area contributed by atoms with Crippen molar-refractivity contribution in [3.8, 4) is 0 Å². The molecule has 0 aromatic carbocycles. The molecule has 25 heavy (non-hydrogen) atoms. The summed E-state index contributed by atoms with van der Waals surface area (Å²) in [5, 5.41) is 4.23. The van der Waals surface area contributed by atoms with Gasteiger partial charge >= 0.3 is 6.03 Å². The fourth-order valence-electron chi connectivity index (χ4n) is 3.57. The van der Waals surface area contributed by atoms with Crippen LogP contribution in [-0.4, -0.2) is 27.4 Å². The summed E-state index contributed by atoms with van der Waals surface area (Å²) in [5.41, 5.74) is 2.18. The third-order valence-electron chi connectivity index (χ3n) is 4.78. The van der Waals surface area contributed by atoms with Gasteiger partial charge in [0.1, 0.15) is 0 Å². The number of nitrogens with zero attached hydrogens (tertiary/aromatic N) is 3. The first-order valence-corrected chi connectivity index (χ1v) is 9.79. The van der Waals surface area contributed by atoms with Gasteiger partial charge in [0.2, 0.25) is 0 Å². The number of amides is 2. The fraction of sp³-hybridized carbons (Fsp3) is 0.526. The lowest BCUT2D eigenvalue weighted by molar-refractivity contribution is 0.173. The third kappa shape index (κ3) is 4.18. The van der Waals surface area contributed by atoms with Crippen LogP contribution in [0.4, 0.5) is 4.79 Å². The van der Waals surface area contributed by atoms with Crippen LogP contribution in [0.2, 0.25) is 0 Å². The topological polar surface area (TPSA) is 58.1 Å². The summed E-state index contributed by atoms with van der Waals surface area (Å²) in [5.74, 6) is 0. The SMILES string of the molecule is Cc1nc(C)c([C@H](C)NC(=O)N2CCCCC[C@H]2c2ccncc2)s1. The van der Waals surface area contributed by atoms with E-state index in [1.807, 2.05) is 50.2 Å². The van der Waals surface area contributed by atoms with E-state index in [4.69, 9.17) is 0 Å². The zero-order chi connectivity index (χ0) is 17.8. The molecule has 1 N–H and O–H groups in total. The first-order chi connectivity index (χ1) is 12.1. The molecule has 0 unspecified atom stereocenters. The number of pyridine rings is 1. The normalized spacial score (nSPS) is 19.3. The average Bonchev–Trinajstić information content (AvgIpc) is 2.81. The smallest absolute Gasteiger partial charge is 0.318 e. The molecule has 6 heteroatoms. The predicted octanol–water partition coefficient (Wildman–Crippen LogP) is 4.54. The van der Waals surface area contributed by atoms with Crippen molar-refractivity contribution in [2.24, 2.45) is 0 Å².